The van der Waals surface area contributed by atoms with Gasteiger partial charge in [0.1, 0.15) is 0 Å². The van der Waals surface area contributed by atoms with E-state index in [9.17, 15) is 8.42 Å². The van der Waals surface area contributed by atoms with Crippen LogP contribution in [0.15, 0.2) is 48.7 Å². The molecule has 0 N–H and O–H groups in total. The zero-order valence-electron chi connectivity index (χ0n) is 12.6. The lowest BCUT2D eigenvalue weighted by Gasteiger charge is -2.24. The fraction of sp³-hybridized carbons (Fsp3) is 0.353. The molecular formula is C17H20N2O2S. The Hall–Kier alpha value is -1.72. The first kappa shape index (κ1) is 15.2. The topological polar surface area (TPSA) is 50.3 Å². The Kier molecular flexibility index (Phi) is 4.27. The van der Waals surface area contributed by atoms with E-state index in [0.29, 0.717) is 6.54 Å². The normalized spacial score (nSPS) is 19.4. The highest BCUT2D eigenvalue weighted by Gasteiger charge is 2.35. The summed E-state index contributed by atoms with van der Waals surface area (Å²) in [4.78, 5) is 4.34. The monoisotopic (exact) mass is 316 g/mol. The fourth-order valence-electron chi connectivity index (χ4n) is 2.99. The van der Waals surface area contributed by atoms with E-state index >= 15 is 0 Å². The van der Waals surface area contributed by atoms with E-state index < -0.39 is 10.0 Å². The number of aromatic nitrogens is 1. The Labute approximate surface area is 131 Å². The highest BCUT2D eigenvalue weighted by Crippen LogP contribution is 2.34. The van der Waals surface area contributed by atoms with Crippen molar-refractivity contribution < 1.29 is 8.42 Å². The first-order valence-electron chi connectivity index (χ1n) is 7.53. The van der Waals surface area contributed by atoms with Gasteiger partial charge in [0.2, 0.25) is 10.0 Å². The molecule has 2 aromatic rings. The van der Waals surface area contributed by atoms with E-state index in [-0.39, 0.29) is 11.8 Å². The molecule has 116 valence electrons. The van der Waals surface area contributed by atoms with Crippen molar-refractivity contribution in [2.45, 2.75) is 31.6 Å². The summed E-state index contributed by atoms with van der Waals surface area (Å²) in [7, 11) is -3.34. The molecule has 5 heteroatoms. The molecule has 0 radical (unpaired) electrons. The Morgan fingerprint density at radius 1 is 1.18 bits per heavy atom. The van der Waals surface area contributed by atoms with Gasteiger partial charge in [0.05, 0.1) is 17.5 Å². The number of nitrogens with zero attached hydrogens (tertiary/aromatic N) is 2. The van der Waals surface area contributed by atoms with E-state index in [2.05, 4.69) is 4.98 Å². The summed E-state index contributed by atoms with van der Waals surface area (Å²) in [5, 5.41) is 0. The quantitative estimate of drug-likeness (QED) is 0.871. The van der Waals surface area contributed by atoms with Crippen LogP contribution < -0.4 is 0 Å². The van der Waals surface area contributed by atoms with E-state index in [1.165, 1.54) is 0 Å². The van der Waals surface area contributed by atoms with Gasteiger partial charge in [-0.05, 0) is 43.0 Å². The summed E-state index contributed by atoms with van der Waals surface area (Å²) in [6.07, 6.45) is 3.44. The smallest absolute Gasteiger partial charge is 0.218 e. The number of sulfonamides is 1. The molecule has 1 fully saturated rings. The molecule has 0 amide bonds. The third kappa shape index (κ3) is 3.05. The molecule has 4 nitrogen and oxygen atoms in total. The summed E-state index contributed by atoms with van der Waals surface area (Å²) in [5.74, 6) is 0.0585. The molecule has 1 aromatic carbocycles. The highest BCUT2D eigenvalue weighted by atomic mass is 32.2. The van der Waals surface area contributed by atoms with Crippen LogP contribution in [0.25, 0.3) is 0 Å². The second kappa shape index (κ2) is 6.18. The van der Waals surface area contributed by atoms with Gasteiger partial charge in [0.25, 0.3) is 0 Å². The molecule has 1 aliphatic rings. The lowest BCUT2D eigenvalue weighted by molar-refractivity contribution is 0.390. The Morgan fingerprint density at radius 2 is 1.95 bits per heavy atom. The van der Waals surface area contributed by atoms with Crippen molar-refractivity contribution in [3.8, 4) is 0 Å². The van der Waals surface area contributed by atoms with Crippen LogP contribution in [0.3, 0.4) is 0 Å². The average molecular weight is 316 g/mol. The van der Waals surface area contributed by atoms with E-state index in [4.69, 9.17) is 0 Å². The summed E-state index contributed by atoms with van der Waals surface area (Å²) in [6, 6.07) is 13.2. The van der Waals surface area contributed by atoms with Gasteiger partial charge < -0.3 is 0 Å². The lowest BCUT2D eigenvalue weighted by Crippen LogP contribution is -2.32. The van der Waals surface area contributed by atoms with Crippen LogP contribution in [0.2, 0.25) is 0 Å². The van der Waals surface area contributed by atoms with Gasteiger partial charge in [-0.2, -0.15) is 4.31 Å². The van der Waals surface area contributed by atoms with Gasteiger partial charge in [-0.3, -0.25) is 4.98 Å². The van der Waals surface area contributed by atoms with Gasteiger partial charge in [-0.25, -0.2) is 8.42 Å². The number of rotatable bonds is 4. The van der Waals surface area contributed by atoms with Crippen molar-refractivity contribution in [2.75, 3.05) is 6.54 Å². The van der Waals surface area contributed by atoms with Gasteiger partial charge in [0.15, 0.2) is 0 Å². The number of aryl methyl sites for hydroxylation is 1. The summed E-state index contributed by atoms with van der Waals surface area (Å²) < 4.78 is 27.3. The maximum Gasteiger partial charge on any atom is 0.218 e. The van der Waals surface area contributed by atoms with Gasteiger partial charge >= 0.3 is 0 Å². The van der Waals surface area contributed by atoms with Gasteiger partial charge in [-0.1, -0.05) is 30.3 Å². The zero-order valence-corrected chi connectivity index (χ0v) is 13.5. The first-order chi connectivity index (χ1) is 10.6. The molecule has 0 bridgehead atoms. The number of hydrogen-bond donors (Lipinski definition) is 0. The first-order valence-corrected chi connectivity index (χ1v) is 9.14. The second-order valence-corrected chi connectivity index (χ2v) is 7.63. The minimum atomic E-state index is -3.34. The molecule has 1 aromatic heterocycles. The minimum Gasteiger partial charge on any atom is -0.260 e. The molecule has 1 aliphatic heterocycles. The molecule has 0 saturated carbocycles. The van der Waals surface area contributed by atoms with Crippen LogP contribution in [0, 0.1) is 6.92 Å². The minimum absolute atomic E-state index is 0.0585. The number of benzene rings is 1. The van der Waals surface area contributed by atoms with Crippen LogP contribution in [0.5, 0.6) is 0 Å². The highest BCUT2D eigenvalue weighted by molar-refractivity contribution is 7.88. The van der Waals surface area contributed by atoms with Crippen molar-refractivity contribution >= 4 is 10.0 Å². The Balaban J connectivity index is 1.87. The van der Waals surface area contributed by atoms with Gasteiger partial charge in [0, 0.05) is 12.7 Å². The third-order valence-corrected chi connectivity index (χ3v) is 6.02. The predicted octanol–water partition coefficient (Wildman–Crippen LogP) is 3.06. The van der Waals surface area contributed by atoms with Crippen LogP contribution in [-0.4, -0.2) is 24.3 Å². The molecule has 2 heterocycles. The summed E-state index contributed by atoms with van der Waals surface area (Å²) in [5.41, 5.74) is 2.72. The SMILES string of the molecule is Cc1ccccc1CS(=O)(=O)N1CCCC1c1ccccn1. The van der Waals surface area contributed by atoms with E-state index in [1.807, 2.05) is 49.4 Å². The van der Waals surface area contributed by atoms with E-state index in [1.54, 1.807) is 10.5 Å². The maximum atomic E-state index is 12.8. The van der Waals surface area contributed by atoms with Crippen molar-refractivity contribution in [1.82, 2.24) is 9.29 Å². The third-order valence-electron chi connectivity index (χ3n) is 4.19. The van der Waals surface area contributed by atoms with Crippen LogP contribution >= 0.6 is 0 Å². The fourth-order valence-corrected chi connectivity index (χ4v) is 4.88. The van der Waals surface area contributed by atoms with Crippen molar-refractivity contribution in [3.05, 3.63) is 65.5 Å². The number of pyridine rings is 1. The van der Waals surface area contributed by atoms with Gasteiger partial charge in [-0.15, -0.1) is 0 Å². The molecule has 1 saturated heterocycles. The number of hydrogen-bond acceptors (Lipinski definition) is 3. The molecule has 22 heavy (non-hydrogen) atoms. The lowest BCUT2D eigenvalue weighted by atomic mass is 10.1. The van der Waals surface area contributed by atoms with E-state index in [0.717, 1.165) is 29.7 Å². The second-order valence-electron chi connectivity index (χ2n) is 5.71. The zero-order chi connectivity index (χ0) is 15.6. The molecule has 0 spiro atoms. The predicted molar refractivity (Wildman–Crippen MR) is 86.7 cm³/mol. The van der Waals surface area contributed by atoms with Crippen molar-refractivity contribution in [1.29, 1.82) is 0 Å². The molecular weight excluding hydrogens is 296 g/mol. The molecule has 0 aliphatic carbocycles. The van der Waals surface area contributed by atoms with Crippen LogP contribution in [0.4, 0.5) is 0 Å². The standard InChI is InChI=1S/C17H20N2O2S/c1-14-7-2-3-8-15(14)13-22(20,21)19-12-6-10-17(19)16-9-4-5-11-18-16/h2-5,7-9,11,17H,6,10,12-13H2,1H3. The maximum absolute atomic E-state index is 12.8. The summed E-state index contributed by atoms with van der Waals surface area (Å²) in [6.45, 7) is 2.53. The molecule has 1 atom stereocenters. The van der Waals surface area contributed by atoms with Crippen LogP contribution in [0.1, 0.15) is 35.7 Å². The van der Waals surface area contributed by atoms with Crippen molar-refractivity contribution in [3.63, 3.8) is 0 Å². The van der Waals surface area contributed by atoms with Crippen LogP contribution in [-0.2, 0) is 15.8 Å². The largest absolute Gasteiger partial charge is 0.260 e. The summed E-state index contributed by atoms with van der Waals surface area (Å²) >= 11 is 0. The molecule has 1 unspecified atom stereocenters. The Bertz CT molecular complexity index is 744. The average Bonchev–Trinajstić information content (AvgIpc) is 3.01. The van der Waals surface area contributed by atoms with Crippen molar-refractivity contribution in [2.24, 2.45) is 0 Å². The Morgan fingerprint density at radius 3 is 2.68 bits per heavy atom. The molecule has 3 rings (SSSR count).